The molecule has 0 fully saturated rings. The normalized spacial score (nSPS) is 11.6. The molecular weight excluding hydrogens is 255 g/mol. The van der Waals surface area contributed by atoms with Crippen LogP contribution in [-0.2, 0) is 6.18 Å². The van der Waals surface area contributed by atoms with Crippen LogP contribution in [0.15, 0.2) is 6.07 Å². The van der Waals surface area contributed by atoms with Crippen LogP contribution in [-0.4, -0.2) is 4.98 Å². The Hall–Kier alpha value is -1.42. The topological polar surface area (TPSA) is 36.7 Å². The van der Waals surface area contributed by atoms with Gasteiger partial charge in [-0.05, 0) is 6.07 Å². The van der Waals surface area contributed by atoms with Crippen LogP contribution in [0.25, 0.3) is 0 Å². The van der Waals surface area contributed by atoms with Gasteiger partial charge in [0.2, 0.25) is 0 Å². The minimum absolute atomic E-state index is 0.328. The molecule has 0 saturated carbocycles. The molecule has 0 radical (unpaired) electrons. The zero-order valence-electron chi connectivity index (χ0n) is 7.32. The van der Waals surface area contributed by atoms with E-state index in [0.717, 1.165) is 0 Å². The van der Waals surface area contributed by atoms with Crippen molar-refractivity contribution in [2.75, 3.05) is 0 Å². The Morgan fingerprint density at radius 1 is 1.38 bits per heavy atom. The molecule has 1 heterocycles. The number of rotatable bonds is 1. The first-order valence-corrected chi connectivity index (χ1v) is 4.11. The predicted octanol–water partition coefficient (Wildman–Crippen LogP) is 3.56. The van der Waals surface area contributed by atoms with Gasteiger partial charge in [0, 0.05) is 0 Å². The Balaban J connectivity index is 3.48. The van der Waals surface area contributed by atoms with Crippen LogP contribution >= 0.6 is 11.6 Å². The summed E-state index contributed by atoms with van der Waals surface area (Å²) in [5.74, 6) is 0. The summed E-state index contributed by atoms with van der Waals surface area (Å²) in [6.45, 7) is 0. The molecule has 0 aromatic carbocycles. The summed E-state index contributed by atoms with van der Waals surface area (Å²) in [5.41, 5.74) is -3.49. The molecule has 0 amide bonds. The molecule has 2 nitrogen and oxygen atoms in total. The fourth-order valence-corrected chi connectivity index (χ4v) is 1.14. The number of alkyl halides is 5. The summed E-state index contributed by atoms with van der Waals surface area (Å²) in [5, 5.41) is 7.68. The Morgan fingerprint density at radius 3 is 2.31 bits per heavy atom. The second-order valence-electron chi connectivity index (χ2n) is 2.66. The maximum Gasteiger partial charge on any atom is 0.433 e. The van der Waals surface area contributed by atoms with E-state index in [1.165, 1.54) is 6.07 Å². The number of aromatic nitrogens is 1. The fraction of sp³-hybridized carbons (Fsp3) is 0.250. The minimum atomic E-state index is -4.90. The molecule has 1 aromatic rings. The summed E-state index contributed by atoms with van der Waals surface area (Å²) in [4.78, 5) is 2.69. The van der Waals surface area contributed by atoms with E-state index in [2.05, 4.69) is 4.98 Å². The van der Waals surface area contributed by atoms with Crippen molar-refractivity contribution in [1.29, 1.82) is 5.26 Å². The third-order valence-electron chi connectivity index (χ3n) is 1.60. The molecule has 0 atom stereocenters. The molecule has 0 saturated heterocycles. The van der Waals surface area contributed by atoms with Crippen molar-refractivity contribution in [3.8, 4) is 6.07 Å². The summed E-state index contributed by atoms with van der Waals surface area (Å²) >= 11 is 5.29. The molecule has 0 aliphatic heterocycles. The second-order valence-corrected chi connectivity index (χ2v) is 3.04. The maximum atomic E-state index is 12.3. The Kier molecular flexibility index (Phi) is 3.33. The van der Waals surface area contributed by atoms with E-state index in [0.29, 0.717) is 6.07 Å². The summed E-state index contributed by atoms with van der Waals surface area (Å²) < 4.78 is 61.2. The van der Waals surface area contributed by atoms with E-state index >= 15 is 0 Å². The molecule has 0 aliphatic rings. The smallest absolute Gasteiger partial charge is 0.241 e. The van der Waals surface area contributed by atoms with E-state index in [1.807, 2.05) is 0 Å². The molecule has 0 unspecified atom stereocenters. The number of pyridine rings is 1. The largest absolute Gasteiger partial charge is 0.433 e. The molecule has 86 valence electrons. The summed E-state index contributed by atoms with van der Waals surface area (Å²) in [6.07, 6.45) is -8.18. The second kappa shape index (κ2) is 4.22. The average Bonchev–Trinajstić information content (AvgIpc) is 2.15. The van der Waals surface area contributed by atoms with Crippen molar-refractivity contribution in [3.05, 3.63) is 28.0 Å². The lowest BCUT2D eigenvalue weighted by Gasteiger charge is -2.10. The van der Waals surface area contributed by atoms with Crippen LogP contribution in [0.4, 0.5) is 22.0 Å². The van der Waals surface area contributed by atoms with Gasteiger partial charge in [-0.25, -0.2) is 13.8 Å². The highest BCUT2D eigenvalue weighted by atomic mass is 35.5. The van der Waals surface area contributed by atoms with Gasteiger partial charge in [-0.2, -0.15) is 18.4 Å². The third kappa shape index (κ3) is 2.39. The van der Waals surface area contributed by atoms with Gasteiger partial charge in [0.1, 0.15) is 17.5 Å². The maximum absolute atomic E-state index is 12.3. The zero-order chi connectivity index (χ0) is 12.5. The van der Waals surface area contributed by atoms with Gasteiger partial charge in [-0.1, -0.05) is 11.6 Å². The first kappa shape index (κ1) is 12.6. The lowest BCUT2D eigenvalue weighted by atomic mass is 10.2. The molecule has 1 rings (SSSR count). The fourth-order valence-electron chi connectivity index (χ4n) is 0.920. The molecule has 0 spiro atoms. The molecule has 0 N–H and O–H groups in total. The van der Waals surface area contributed by atoms with E-state index in [4.69, 9.17) is 16.9 Å². The van der Waals surface area contributed by atoms with E-state index in [-0.39, 0.29) is 0 Å². The van der Waals surface area contributed by atoms with Gasteiger partial charge in [0.25, 0.3) is 6.43 Å². The predicted molar refractivity (Wildman–Crippen MR) is 43.9 cm³/mol. The number of hydrogen-bond donors (Lipinski definition) is 0. The number of nitriles is 1. The number of halogens is 6. The van der Waals surface area contributed by atoms with Gasteiger partial charge in [0.05, 0.1) is 10.6 Å². The van der Waals surface area contributed by atoms with Crippen molar-refractivity contribution in [3.63, 3.8) is 0 Å². The van der Waals surface area contributed by atoms with Crippen LogP contribution in [0.3, 0.4) is 0 Å². The first-order chi connectivity index (χ1) is 7.27. The van der Waals surface area contributed by atoms with Crippen molar-refractivity contribution < 1.29 is 22.0 Å². The Labute approximate surface area is 91.3 Å². The van der Waals surface area contributed by atoms with Gasteiger partial charge in [0.15, 0.2) is 0 Å². The van der Waals surface area contributed by atoms with Crippen LogP contribution in [0.2, 0.25) is 5.02 Å². The van der Waals surface area contributed by atoms with Gasteiger partial charge in [-0.3, -0.25) is 0 Å². The zero-order valence-corrected chi connectivity index (χ0v) is 8.07. The highest BCUT2D eigenvalue weighted by Crippen LogP contribution is 2.34. The summed E-state index contributed by atoms with van der Waals surface area (Å²) in [7, 11) is 0. The van der Waals surface area contributed by atoms with Gasteiger partial charge >= 0.3 is 6.18 Å². The molecular formula is C8H2ClF5N2. The molecule has 1 aromatic heterocycles. The number of hydrogen-bond acceptors (Lipinski definition) is 2. The minimum Gasteiger partial charge on any atom is -0.241 e. The van der Waals surface area contributed by atoms with Crippen LogP contribution in [0.5, 0.6) is 0 Å². The molecule has 0 bridgehead atoms. The highest BCUT2D eigenvalue weighted by molar-refractivity contribution is 6.32. The van der Waals surface area contributed by atoms with E-state index in [9.17, 15) is 22.0 Å². The summed E-state index contributed by atoms with van der Waals surface area (Å²) in [6, 6.07) is 1.63. The Bertz CT molecular complexity index is 449. The number of nitrogens with zero attached hydrogens (tertiary/aromatic N) is 2. The highest BCUT2D eigenvalue weighted by Gasteiger charge is 2.35. The molecule has 0 aliphatic carbocycles. The van der Waals surface area contributed by atoms with Crippen molar-refractivity contribution in [1.82, 2.24) is 4.98 Å². The monoisotopic (exact) mass is 256 g/mol. The average molecular weight is 257 g/mol. The van der Waals surface area contributed by atoms with Crippen LogP contribution in [0, 0.1) is 11.3 Å². The molecule has 16 heavy (non-hydrogen) atoms. The van der Waals surface area contributed by atoms with Crippen molar-refractivity contribution >= 4 is 11.6 Å². The molecule has 8 heteroatoms. The van der Waals surface area contributed by atoms with E-state index in [1.54, 1.807) is 0 Å². The van der Waals surface area contributed by atoms with Crippen molar-refractivity contribution in [2.45, 2.75) is 12.6 Å². The van der Waals surface area contributed by atoms with Crippen LogP contribution in [0.1, 0.15) is 23.4 Å². The quantitative estimate of drug-likeness (QED) is 0.720. The third-order valence-corrected chi connectivity index (χ3v) is 2.00. The van der Waals surface area contributed by atoms with Crippen molar-refractivity contribution in [2.24, 2.45) is 0 Å². The lowest BCUT2D eigenvalue weighted by Crippen LogP contribution is -2.11. The first-order valence-electron chi connectivity index (χ1n) is 3.73. The van der Waals surface area contributed by atoms with Crippen LogP contribution < -0.4 is 0 Å². The van der Waals surface area contributed by atoms with Gasteiger partial charge in [-0.15, -0.1) is 0 Å². The SMILES string of the molecule is N#Cc1cc(C(F)(F)F)nc(C(F)F)c1Cl. The lowest BCUT2D eigenvalue weighted by molar-refractivity contribution is -0.141. The standard InChI is InChI=1S/C8H2ClF5N2/c9-5-3(2-15)1-4(8(12,13)14)16-6(5)7(10)11/h1,7H. The van der Waals surface area contributed by atoms with E-state index < -0.39 is 34.6 Å². The Morgan fingerprint density at radius 2 is 1.94 bits per heavy atom. The van der Waals surface area contributed by atoms with Gasteiger partial charge < -0.3 is 0 Å².